The lowest BCUT2D eigenvalue weighted by molar-refractivity contribution is 0.107. The van der Waals surface area contributed by atoms with Crippen LogP contribution >= 0.6 is 0 Å². The molecule has 0 spiro atoms. The first kappa shape index (κ1) is 12.6. The van der Waals surface area contributed by atoms with Gasteiger partial charge >= 0.3 is 0 Å². The van der Waals surface area contributed by atoms with Gasteiger partial charge in [0.05, 0.1) is 13.2 Å². The predicted molar refractivity (Wildman–Crippen MR) is 76.1 cm³/mol. The van der Waals surface area contributed by atoms with E-state index in [1.165, 1.54) is 16.7 Å². The highest BCUT2D eigenvalue weighted by molar-refractivity contribution is 5.64. The van der Waals surface area contributed by atoms with Gasteiger partial charge in [-0.3, -0.25) is 0 Å². The van der Waals surface area contributed by atoms with E-state index in [1.54, 1.807) is 0 Å². The second-order valence-corrected chi connectivity index (χ2v) is 4.42. The summed E-state index contributed by atoms with van der Waals surface area (Å²) in [6, 6.07) is 18.5. The van der Waals surface area contributed by atoms with Gasteiger partial charge in [0, 0.05) is 0 Å². The summed E-state index contributed by atoms with van der Waals surface area (Å²) < 4.78 is 5.76. The quantitative estimate of drug-likeness (QED) is 0.748. The zero-order valence-corrected chi connectivity index (χ0v) is 10.7. The van der Waals surface area contributed by atoms with Crippen molar-refractivity contribution in [2.45, 2.75) is 20.1 Å². The molecule has 0 radical (unpaired) electrons. The molecule has 0 atom stereocenters. The van der Waals surface area contributed by atoms with Gasteiger partial charge in [0.1, 0.15) is 0 Å². The van der Waals surface area contributed by atoms with Gasteiger partial charge in [-0.15, -0.1) is 0 Å². The number of rotatable bonds is 5. The highest BCUT2D eigenvalue weighted by Crippen LogP contribution is 2.18. The molecule has 0 amide bonds. The van der Waals surface area contributed by atoms with Gasteiger partial charge in [0.2, 0.25) is 0 Å². The van der Waals surface area contributed by atoms with Crippen molar-refractivity contribution in [2.24, 2.45) is 0 Å². The maximum absolute atomic E-state index is 5.76. The average molecular weight is 238 g/mol. The van der Waals surface area contributed by atoms with Crippen LogP contribution in [0, 0.1) is 0 Å². The molecule has 0 saturated heterocycles. The smallest absolute Gasteiger partial charge is 0.0727 e. The molecule has 18 heavy (non-hydrogen) atoms. The lowest BCUT2D eigenvalue weighted by Crippen LogP contribution is -1.97. The Hall–Kier alpha value is -1.86. The van der Waals surface area contributed by atoms with Gasteiger partial charge in [-0.05, 0) is 23.6 Å². The van der Waals surface area contributed by atoms with E-state index in [4.69, 9.17) is 4.74 Å². The maximum atomic E-state index is 5.76. The zero-order valence-electron chi connectivity index (χ0n) is 10.7. The summed E-state index contributed by atoms with van der Waals surface area (Å²) >= 11 is 0. The molecule has 0 aliphatic carbocycles. The first-order valence-corrected chi connectivity index (χ1v) is 6.13. The lowest BCUT2D eigenvalue weighted by atomic mass is 10.0. The van der Waals surface area contributed by atoms with Crippen LogP contribution < -0.4 is 0 Å². The Balaban J connectivity index is 1.97. The third kappa shape index (κ3) is 3.31. The molecule has 1 heteroatoms. The van der Waals surface area contributed by atoms with Gasteiger partial charge in [-0.1, -0.05) is 66.7 Å². The van der Waals surface area contributed by atoms with Crippen LogP contribution in [0.3, 0.4) is 0 Å². The third-order valence-corrected chi connectivity index (χ3v) is 2.85. The molecule has 0 aliphatic rings. The Morgan fingerprint density at radius 1 is 0.944 bits per heavy atom. The number of hydrogen-bond acceptors (Lipinski definition) is 1. The minimum atomic E-state index is 0.623. The normalized spacial score (nSPS) is 10.3. The average Bonchev–Trinajstić information content (AvgIpc) is 2.40. The predicted octanol–water partition coefficient (Wildman–Crippen LogP) is 4.44. The van der Waals surface area contributed by atoms with Gasteiger partial charge in [-0.25, -0.2) is 0 Å². The molecule has 0 N–H and O–H groups in total. The van der Waals surface area contributed by atoms with Crippen LogP contribution in [-0.2, 0) is 18.0 Å². The van der Waals surface area contributed by atoms with E-state index < -0.39 is 0 Å². The minimum absolute atomic E-state index is 0.623. The molecule has 2 aromatic rings. The first-order valence-electron chi connectivity index (χ1n) is 6.13. The van der Waals surface area contributed by atoms with Crippen molar-refractivity contribution in [1.82, 2.24) is 0 Å². The second kappa shape index (κ2) is 6.18. The molecule has 0 aliphatic heterocycles. The summed E-state index contributed by atoms with van der Waals surface area (Å²) in [5, 5.41) is 0. The summed E-state index contributed by atoms with van der Waals surface area (Å²) in [7, 11) is 0. The van der Waals surface area contributed by atoms with Gasteiger partial charge in [0.15, 0.2) is 0 Å². The second-order valence-electron chi connectivity index (χ2n) is 4.42. The van der Waals surface area contributed by atoms with E-state index >= 15 is 0 Å². The van der Waals surface area contributed by atoms with Crippen molar-refractivity contribution in [1.29, 1.82) is 0 Å². The van der Waals surface area contributed by atoms with E-state index in [1.807, 2.05) is 37.3 Å². The summed E-state index contributed by atoms with van der Waals surface area (Å²) in [6.45, 7) is 7.29. The summed E-state index contributed by atoms with van der Waals surface area (Å²) in [5.74, 6) is 0. The first-order chi connectivity index (χ1) is 8.77. The minimum Gasteiger partial charge on any atom is -0.372 e. The molecule has 0 aromatic heterocycles. The highest BCUT2D eigenvalue weighted by atomic mass is 16.5. The van der Waals surface area contributed by atoms with Crippen LogP contribution in [0.25, 0.3) is 5.57 Å². The lowest BCUT2D eigenvalue weighted by Gasteiger charge is -2.10. The van der Waals surface area contributed by atoms with Gasteiger partial charge < -0.3 is 4.74 Å². The Morgan fingerprint density at radius 3 is 2.33 bits per heavy atom. The maximum Gasteiger partial charge on any atom is 0.0727 e. The fourth-order valence-electron chi connectivity index (χ4n) is 1.92. The number of allylic oxidation sites excluding steroid dienone is 1. The van der Waals surface area contributed by atoms with Crippen molar-refractivity contribution >= 4 is 5.57 Å². The zero-order chi connectivity index (χ0) is 12.8. The number of benzene rings is 2. The van der Waals surface area contributed by atoms with Crippen LogP contribution in [0.5, 0.6) is 0 Å². The molecule has 0 fully saturated rings. The Kier molecular flexibility index (Phi) is 4.32. The third-order valence-electron chi connectivity index (χ3n) is 2.85. The molecule has 0 unspecified atom stereocenters. The van der Waals surface area contributed by atoms with E-state index in [0.29, 0.717) is 13.2 Å². The van der Waals surface area contributed by atoms with Crippen molar-refractivity contribution in [3.05, 3.63) is 77.9 Å². The van der Waals surface area contributed by atoms with Crippen molar-refractivity contribution in [3.8, 4) is 0 Å². The van der Waals surface area contributed by atoms with E-state index in [-0.39, 0.29) is 0 Å². The standard InChI is InChI=1S/C17H18O/c1-14(2)17-11-7-6-10-16(17)13-18-12-15-8-4-3-5-9-15/h3-11H,1,12-13H2,2H3. The van der Waals surface area contributed by atoms with Crippen LogP contribution in [-0.4, -0.2) is 0 Å². The fraction of sp³-hybridized carbons (Fsp3) is 0.176. The largest absolute Gasteiger partial charge is 0.372 e. The topological polar surface area (TPSA) is 9.23 Å². The SMILES string of the molecule is C=C(C)c1ccccc1COCc1ccccc1. The van der Waals surface area contributed by atoms with Gasteiger partial charge in [0.25, 0.3) is 0 Å². The summed E-state index contributed by atoms with van der Waals surface area (Å²) in [4.78, 5) is 0. The monoisotopic (exact) mass is 238 g/mol. The molecule has 92 valence electrons. The Morgan fingerprint density at radius 2 is 1.61 bits per heavy atom. The molecule has 0 bridgehead atoms. The van der Waals surface area contributed by atoms with Crippen LogP contribution in [0.4, 0.5) is 0 Å². The van der Waals surface area contributed by atoms with E-state index in [2.05, 4.69) is 30.8 Å². The number of hydrogen-bond donors (Lipinski definition) is 0. The molecular weight excluding hydrogens is 220 g/mol. The molecular formula is C17H18O. The summed E-state index contributed by atoms with van der Waals surface area (Å²) in [5.41, 5.74) is 4.66. The molecule has 2 rings (SSSR count). The van der Waals surface area contributed by atoms with Crippen LogP contribution in [0.2, 0.25) is 0 Å². The Bertz CT molecular complexity index is 514. The fourth-order valence-corrected chi connectivity index (χ4v) is 1.92. The number of ether oxygens (including phenoxy) is 1. The summed E-state index contributed by atoms with van der Waals surface area (Å²) in [6.07, 6.45) is 0. The molecule has 2 aromatic carbocycles. The van der Waals surface area contributed by atoms with E-state index in [9.17, 15) is 0 Å². The molecule has 1 nitrogen and oxygen atoms in total. The van der Waals surface area contributed by atoms with Gasteiger partial charge in [-0.2, -0.15) is 0 Å². The van der Waals surface area contributed by atoms with Crippen molar-refractivity contribution < 1.29 is 4.74 Å². The van der Waals surface area contributed by atoms with Crippen LogP contribution in [0.15, 0.2) is 61.2 Å². The van der Waals surface area contributed by atoms with Crippen LogP contribution in [0.1, 0.15) is 23.6 Å². The van der Waals surface area contributed by atoms with Crippen molar-refractivity contribution in [3.63, 3.8) is 0 Å². The highest BCUT2D eigenvalue weighted by Gasteiger charge is 2.02. The van der Waals surface area contributed by atoms with Crippen molar-refractivity contribution in [2.75, 3.05) is 0 Å². The molecule has 0 saturated carbocycles. The molecule has 0 heterocycles. The Labute approximate surface area is 109 Å². The van der Waals surface area contributed by atoms with E-state index in [0.717, 1.165) is 5.57 Å².